The summed E-state index contributed by atoms with van der Waals surface area (Å²) in [6.07, 6.45) is 0. The number of carbonyl (C=O) groups excluding carboxylic acids is 3. The first-order valence-electron chi connectivity index (χ1n) is 5.65. The van der Waals surface area contributed by atoms with Crippen LogP contribution >= 0.6 is 11.6 Å². The summed E-state index contributed by atoms with van der Waals surface area (Å²) < 4.78 is 13.2. The number of imide groups is 2. The van der Waals surface area contributed by atoms with Crippen LogP contribution in [0.5, 0.6) is 0 Å². The lowest BCUT2D eigenvalue weighted by Crippen LogP contribution is -2.57. The number of carbonyl (C=O) groups is 3. The molecule has 2 rings (SSSR count). The third-order valence-corrected chi connectivity index (χ3v) is 2.88. The number of halogens is 2. The zero-order chi connectivity index (χ0) is 14.9. The predicted octanol–water partition coefficient (Wildman–Crippen LogP) is 1.74. The van der Waals surface area contributed by atoms with Gasteiger partial charge in [-0.1, -0.05) is 30.3 Å². The van der Waals surface area contributed by atoms with Gasteiger partial charge in [0.2, 0.25) is 11.8 Å². The maximum absolute atomic E-state index is 13.2. The Labute approximate surface area is 119 Å². The van der Waals surface area contributed by atoms with Crippen molar-refractivity contribution in [3.8, 4) is 0 Å². The third kappa shape index (κ3) is 2.70. The van der Waals surface area contributed by atoms with Crippen molar-refractivity contribution in [2.75, 3.05) is 6.54 Å². The molecule has 1 N–H and O–H groups in total. The van der Waals surface area contributed by atoms with Gasteiger partial charge in [-0.15, -0.1) is 0 Å². The molecule has 4 amide bonds. The van der Waals surface area contributed by atoms with Gasteiger partial charge >= 0.3 is 6.03 Å². The molecule has 1 saturated heterocycles. The maximum atomic E-state index is 13.2. The summed E-state index contributed by atoms with van der Waals surface area (Å²) in [5, 5.41) is 2.11. The van der Waals surface area contributed by atoms with Crippen molar-refractivity contribution >= 4 is 29.4 Å². The zero-order valence-corrected chi connectivity index (χ0v) is 11.0. The smallest absolute Gasteiger partial charge is 0.277 e. The van der Waals surface area contributed by atoms with Crippen LogP contribution in [0.3, 0.4) is 0 Å². The molecule has 0 aliphatic carbocycles. The first-order chi connectivity index (χ1) is 9.40. The molecule has 1 aliphatic rings. The van der Waals surface area contributed by atoms with E-state index in [0.717, 1.165) is 11.0 Å². The van der Waals surface area contributed by atoms with Crippen LogP contribution in [0.4, 0.5) is 9.18 Å². The van der Waals surface area contributed by atoms with Crippen LogP contribution in [-0.4, -0.2) is 29.3 Å². The van der Waals surface area contributed by atoms with Crippen molar-refractivity contribution in [3.63, 3.8) is 0 Å². The second-order valence-electron chi connectivity index (χ2n) is 4.22. The fourth-order valence-electron chi connectivity index (χ4n) is 1.91. The van der Waals surface area contributed by atoms with Crippen LogP contribution in [0.1, 0.15) is 11.5 Å². The predicted molar refractivity (Wildman–Crippen MR) is 69.4 cm³/mol. The molecule has 5 nitrogen and oxygen atoms in total. The highest BCUT2D eigenvalue weighted by molar-refractivity contribution is 6.30. The molecule has 0 radical (unpaired) electrons. The Balaban J connectivity index is 2.37. The van der Waals surface area contributed by atoms with Crippen molar-refractivity contribution in [2.45, 2.75) is 5.92 Å². The van der Waals surface area contributed by atoms with E-state index in [1.54, 1.807) is 0 Å². The lowest BCUT2D eigenvalue weighted by molar-refractivity contribution is -0.138. The standard InChI is InChI=1S/C13H10ClFN2O3/c1-7(14)6-17-12(19)10(11(18)16-13(17)20)8-3-2-4-9(15)5-8/h2-5,10H,1,6H2,(H,16,18,20). The van der Waals surface area contributed by atoms with E-state index >= 15 is 0 Å². The van der Waals surface area contributed by atoms with E-state index in [1.165, 1.54) is 18.2 Å². The quantitative estimate of drug-likeness (QED) is 0.864. The Kier molecular flexibility index (Phi) is 3.85. The minimum Gasteiger partial charge on any atom is -0.277 e. The molecule has 0 saturated carbocycles. The lowest BCUT2D eigenvalue weighted by atomic mass is 9.95. The summed E-state index contributed by atoms with van der Waals surface area (Å²) in [7, 11) is 0. The maximum Gasteiger partial charge on any atom is 0.331 e. The molecule has 1 heterocycles. The number of rotatable bonds is 3. The highest BCUT2D eigenvalue weighted by atomic mass is 35.5. The molecule has 1 unspecified atom stereocenters. The largest absolute Gasteiger partial charge is 0.331 e. The molecular formula is C13H10ClFN2O3. The van der Waals surface area contributed by atoms with Gasteiger partial charge in [0.05, 0.1) is 6.54 Å². The topological polar surface area (TPSA) is 66.5 Å². The van der Waals surface area contributed by atoms with Crippen LogP contribution in [0, 0.1) is 5.82 Å². The average Bonchev–Trinajstić information content (AvgIpc) is 2.34. The summed E-state index contributed by atoms with van der Waals surface area (Å²) in [6, 6.07) is 4.22. The number of hydrogen-bond donors (Lipinski definition) is 1. The van der Waals surface area contributed by atoms with Gasteiger partial charge in [-0.25, -0.2) is 9.18 Å². The van der Waals surface area contributed by atoms with E-state index in [1.807, 2.05) is 5.32 Å². The number of nitrogens with one attached hydrogen (secondary N) is 1. The summed E-state index contributed by atoms with van der Waals surface area (Å²) in [4.78, 5) is 36.4. The van der Waals surface area contributed by atoms with Gasteiger partial charge in [-0.3, -0.25) is 19.8 Å². The number of benzene rings is 1. The Bertz CT molecular complexity index is 617. The molecule has 20 heavy (non-hydrogen) atoms. The molecule has 1 atom stereocenters. The van der Waals surface area contributed by atoms with Gasteiger partial charge in [0.15, 0.2) is 0 Å². The van der Waals surface area contributed by atoms with Crippen LogP contribution in [0.25, 0.3) is 0 Å². The number of urea groups is 1. The molecule has 1 fully saturated rings. The fraction of sp³-hybridized carbons (Fsp3) is 0.154. The van der Waals surface area contributed by atoms with E-state index < -0.39 is 29.6 Å². The van der Waals surface area contributed by atoms with Gasteiger partial charge in [-0.05, 0) is 17.7 Å². The highest BCUT2D eigenvalue weighted by Crippen LogP contribution is 2.24. The highest BCUT2D eigenvalue weighted by Gasteiger charge is 2.41. The number of amides is 4. The molecule has 0 bridgehead atoms. The Morgan fingerprint density at radius 1 is 1.40 bits per heavy atom. The average molecular weight is 297 g/mol. The Hall–Kier alpha value is -2.21. The molecule has 0 spiro atoms. The Morgan fingerprint density at radius 3 is 2.70 bits per heavy atom. The summed E-state index contributed by atoms with van der Waals surface area (Å²) in [5.41, 5.74) is 0.171. The second kappa shape index (κ2) is 5.42. The number of nitrogens with zero attached hydrogens (tertiary/aromatic N) is 1. The van der Waals surface area contributed by atoms with Crippen molar-refractivity contribution < 1.29 is 18.8 Å². The molecular weight excluding hydrogens is 287 g/mol. The molecule has 1 aliphatic heterocycles. The van der Waals surface area contributed by atoms with Crippen LogP contribution in [-0.2, 0) is 9.59 Å². The van der Waals surface area contributed by atoms with Gasteiger partial charge in [0, 0.05) is 5.03 Å². The van der Waals surface area contributed by atoms with E-state index in [9.17, 15) is 18.8 Å². The van der Waals surface area contributed by atoms with Crippen molar-refractivity contribution in [1.82, 2.24) is 10.2 Å². The molecule has 1 aromatic rings. The first kappa shape index (κ1) is 14.2. The molecule has 0 aromatic heterocycles. The monoisotopic (exact) mass is 296 g/mol. The first-order valence-corrected chi connectivity index (χ1v) is 6.03. The van der Waals surface area contributed by atoms with Crippen molar-refractivity contribution in [2.24, 2.45) is 0 Å². The Morgan fingerprint density at radius 2 is 2.10 bits per heavy atom. The van der Waals surface area contributed by atoms with Crippen LogP contribution in [0.2, 0.25) is 0 Å². The van der Waals surface area contributed by atoms with Crippen LogP contribution in [0.15, 0.2) is 35.9 Å². The summed E-state index contributed by atoms with van der Waals surface area (Å²) in [5.74, 6) is -3.40. The SMILES string of the molecule is C=C(Cl)CN1C(=O)NC(=O)C(c2cccc(F)c2)C1=O. The van der Waals surface area contributed by atoms with E-state index in [2.05, 4.69) is 6.58 Å². The third-order valence-electron chi connectivity index (χ3n) is 2.76. The van der Waals surface area contributed by atoms with Crippen molar-refractivity contribution in [1.29, 1.82) is 0 Å². The van der Waals surface area contributed by atoms with E-state index in [4.69, 9.17) is 11.6 Å². The minimum atomic E-state index is -1.28. The zero-order valence-electron chi connectivity index (χ0n) is 10.2. The molecule has 1 aromatic carbocycles. The van der Waals surface area contributed by atoms with Crippen LogP contribution < -0.4 is 5.32 Å². The normalized spacial score (nSPS) is 19.0. The number of hydrogen-bond acceptors (Lipinski definition) is 3. The lowest BCUT2D eigenvalue weighted by Gasteiger charge is -2.30. The molecule has 104 valence electrons. The van der Waals surface area contributed by atoms with Gasteiger partial charge in [-0.2, -0.15) is 0 Å². The second-order valence-corrected chi connectivity index (χ2v) is 4.76. The molecule has 7 heteroatoms. The van der Waals surface area contributed by atoms with E-state index in [0.29, 0.717) is 0 Å². The van der Waals surface area contributed by atoms with E-state index in [-0.39, 0.29) is 17.1 Å². The summed E-state index contributed by atoms with van der Waals surface area (Å²) >= 11 is 5.58. The minimum absolute atomic E-state index is 0.0702. The van der Waals surface area contributed by atoms with Crippen molar-refractivity contribution in [3.05, 3.63) is 47.3 Å². The van der Waals surface area contributed by atoms with Gasteiger partial charge in [0.1, 0.15) is 11.7 Å². The summed E-state index contributed by atoms with van der Waals surface area (Å²) in [6.45, 7) is 3.18. The fourth-order valence-corrected chi connectivity index (χ4v) is 2.03. The number of barbiturate groups is 1. The van der Waals surface area contributed by atoms with Gasteiger partial charge < -0.3 is 0 Å². The van der Waals surface area contributed by atoms with Gasteiger partial charge in [0.25, 0.3) is 0 Å².